The molecular formula is C16H34PSZn. The minimum absolute atomic E-state index is 0. The Morgan fingerprint density at radius 3 is 1.21 bits per heavy atom. The summed E-state index contributed by atoms with van der Waals surface area (Å²) >= 11 is -0.0720. The van der Waals surface area contributed by atoms with Crippen molar-refractivity contribution in [1.82, 2.24) is 0 Å². The standard InChI is InChI=1S/2C8H17.P.S.Zn/c2*1-3-5-7-8-6-4-2;;;/h2*1,3-8H2,2H3;;;. The smallest absolute Gasteiger partial charge is 0 e. The van der Waals surface area contributed by atoms with Crippen LogP contribution in [0.2, 0.25) is 10.0 Å². The van der Waals surface area contributed by atoms with E-state index in [1.54, 1.807) is 22.9 Å². The first kappa shape index (κ1) is 25.4. The molecule has 0 bridgehead atoms. The molecule has 0 aromatic heterocycles. The SMILES string of the molecule is CCCCCCC[CH2][Zn][CH2]CCCCCCC.[P].[S]. The Labute approximate surface area is 141 Å². The number of hydrogen-bond acceptors (Lipinski definition) is 0. The molecule has 5 radical (unpaired) electrons. The topological polar surface area (TPSA) is 0 Å². The van der Waals surface area contributed by atoms with Crippen LogP contribution in [0.25, 0.3) is 0 Å². The van der Waals surface area contributed by atoms with Crippen molar-refractivity contribution in [1.29, 1.82) is 0 Å². The fourth-order valence-electron chi connectivity index (χ4n) is 2.44. The van der Waals surface area contributed by atoms with Gasteiger partial charge in [0.2, 0.25) is 0 Å². The predicted molar refractivity (Wildman–Crippen MR) is 90.9 cm³/mol. The zero-order chi connectivity index (χ0) is 12.6. The van der Waals surface area contributed by atoms with Gasteiger partial charge in [-0.25, -0.2) is 0 Å². The molecule has 0 aliphatic rings. The Kier molecular flexibility index (Phi) is 32.6. The fourth-order valence-corrected chi connectivity index (χ4v) is 6.15. The summed E-state index contributed by atoms with van der Waals surface area (Å²) in [5, 5.41) is 3.35. The van der Waals surface area contributed by atoms with Crippen molar-refractivity contribution in [3.63, 3.8) is 0 Å². The molecule has 19 heavy (non-hydrogen) atoms. The zero-order valence-electron chi connectivity index (χ0n) is 13.5. The summed E-state index contributed by atoms with van der Waals surface area (Å²) < 4.78 is 0. The molecule has 0 fully saturated rings. The molecule has 0 saturated heterocycles. The summed E-state index contributed by atoms with van der Waals surface area (Å²) in [6.07, 6.45) is 17.9. The summed E-state index contributed by atoms with van der Waals surface area (Å²) in [7, 11) is 0. The van der Waals surface area contributed by atoms with Crippen LogP contribution in [0.15, 0.2) is 0 Å². The number of unbranched alkanes of at least 4 members (excludes halogenated alkanes) is 10. The van der Waals surface area contributed by atoms with Gasteiger partial charge in [-0.05, 0) is 0 Å². The van der Waals surface area contributed by atoms with E-state index in [2.05, 4.69) is 13.8 Å². The van der Waals surface area contributed by atoms with Gasteiger partial charge in [-0.15, -0.1) is 0 Å². The van der Waals surface area contributed by atoms with Crippen molar-refractivity contribution in [2.45, 2.75) is 101 Å². The first-order chi connectivity index (χ1) is 8.41. The molecule has 0 heterocycles. The van der Waals surface area contributed by atoms with Gasteiger partial charge in [-0.3, -0.25) is 0 Å². The second-order valence-electron chi connectivity index (χ2n) is 5.60. The molecule has 0 amide bonds. The molecule has 0 unspecified atom stereocenters. The third-order valence-corrected chi connectivity index (χ3v) is 7.90. The average Bonchev–Trinajstić information content (AvgIpc) is 2.35. The average molecular weight is 355 g/mol. The van der Waals surface area contributed by atoms with Crippen LogP contribution in [0.1, 0.15) is 90.9 Å². The van der Waals surface area contributed by atoms with E-state index in [1.165, 1.54) is 64.2 Å². The molecule has 0 nitrogen and oxygen atoms in total. The van der Waals surface area contributed by atoms with Crippen molar-refractivity contribution < 1.29 is 17.1 Å². The Hall–Kier alpha value is 1.40. The van der Waals surface area contributed by atoms with Crippen LogP contribution in [0, 0.1) is 0 Å². The Morgan fingerprint density at radius 2 is 0.842 bits per heavy atom. The van der Waals surface area contributed by atoms with Gasteiger partial charge < -0.3 is 0 Å². The predicted octanol–water partition coefficient (Wildman–Crippen LogP) is 8.14. The van der Waals surface area contributed by atoms with E-state index in [0.29, 0.717) is 0 Å². The molecule has 3 heteroatoms. The quantitative estimate of drug-likeness (QED) is 0.168. The van der Waals surface area contributed by atoms with Crippen molar-refractivity contribution in [2.75, 3.05) is 0 Å². The minimum atomic E-state index is -0.0720. The summed E-state index contributed by atoms with van der Waals surface area (Å²) in [5.41, 5.74) is 0. The van der Waals surface area contributed by atoms with Crippen LogP contribution in [-0.2, 0) is 17.1 Å². The van der Waals surface area contributed by atoms with Gasteiger partial charge >= 0.3 is 118 Å². The maximum absolute atomic E-state index is 2.30. The molecule has 0 saturated carbocycles. The van der Waals surface area contributed by atoms with Crippen molar-refractivity contribution >= 4 is 23.4 Å². The van der Waals surface area contributed by atoms with Crippen molar-refractivity contribution in [3.8, 4) is 0 Å². The monoisotopic (exact) mass is 353 g/mol. The molecule has 0 aliphatic carbocycles. The zero-order valence-corrected chi connectivity index (χ0v) is 18.1. The van der Waals surface area contributed by atoms with E-state index in [1.807, 2.05) is 0 Å². The maximum atomic E-state index is 2.30. The van der Waals surface area contributed by atoms with Crippen molar-refractivity contribution in [3.05, 3.63) is 0 Å². The summed E-state index contributed by atoms with van der Waals surface area (Å²) in [6, 6.07) is 0. The molecule has 0 aromatic carbocycles. The van der Waals surface area contributed by atoms with E-state index in [-0.39, 0.29) is 40.5 Å². The van der Waals surface area contributed by atoms with Gasteiger partial charge in [0.15, 0.2) is 0 Å². The van der Waals surface area contributed by atoms with Gasteiger partial charge in [0.05, 0.1) is 0 Å². The van der Waals surface area contributed by atoms with Gasteiger partial charge in [-0.2, -0.15) is 0 Å². The molecule has 0 N–H and O–H groups in total. The largest absolute Gasteiger partial charge is 0 e. The first-order valence-electron chi connectivity index (χ1n) is 8.41. The van der Waals surface area contributed by atoms with Crippen LogP contribution in [0.5, 0.6) is 0 Å². The van der Waals surface area contributed by atoms with E-state index < -0.39 is 0 Å². The van der Waals surface area contributed by atoms with Gasteiger partial charge in [0, 0.05) is 23.4 Å². The molecule has 0 aliphatic heterocycles. The molecule has 0 spiro atoms. The minimum Gasteiger partial charge on any atom is 0 e. The molecular weight excluding hydrogens is 321 g/mol. The van der Waals surface area contributed by atoms with Crippen LogP contribution in [0.3, 0.4) is 0 Å². The van der Waals surface area contributed by atoms with E-state index in [0.717, 1.165) is 0 Å². The molecule has 0 rings (SSSR count). The number of hydrogen-bond donors (Lipinski definition) is 0. The molecule has 0 aromatic rings. The van der Waals surface area contributed by atoms with Gasteiger partial charge in [-0.1, -0.05) is 0 Å². The summed E-state index contributed by atoms with van der Waals surface area (Å²) in [5.74, 6) is 0. The Morgan fingerprint density at radius 1 is 0.526 bits per heavy atom. The Bertz CT molecular complexity index is 120. The van der Waals surface area contributed by atoms with E-state index >= 15 is 0 Å². The second kappa shape index (κ2) is 24.4. The molecule has 0 atom stereocenters. The van der Waals surface area contributed by atoms with Gasteiger partial charge in [0.25, 0.3) is 0 Å². The van der Waals surface area contributed by atoms with Crippen molar-refractivity contribution in [2.24, 2.45) is 0 Å². The third kappa shape index (κ3) is 24.8. The second-order valence-corrected chi connectivity index (χ2v) is 10.0. The van der Waals surface area contributed by atoms with Crippen LogP contribution in [-0.4, -0.2) is 0 Å². The van der Waals surface area contributed by atoms with E-state index in [4.69, 9.17) is 0 Å². The normalized spacial score (nSPS) is 9.37. The third-order valence-electron chi connectivity index (χ3n) is 3.71. The summed E-state index contributed by atoms with van der Waals surface area (Å²) in [4.78, 5) is 0. The van der Waals surface area contributed by atoms with Crippen LogP contribution in [0.4, 0.5) is 0 Å². The number of rotatable bonds is 14. The fraction of sp³-hybridized carbons (Fsp3) is 1.00. The first-order valence-corrected chi connectivity index (χ1v) is 12.6. The van der Waals surface area contributed by atoms with Gasteiger partial charge in [0.1, 0.15) is 0 Å². The van der Waals surface area contributed by atoms with Crippen LogP contribution < -0.4 is 0 Å². The molecule has 111 valence electrons. The van der Waals surface area contributed by atoms with Crippen LogP contribution >= 0.6 is 23.4 Å². The van der Waals surface area contributed by atoms with E-state index in [9.17, 15) is 0 Å². The summed E-state index contributed by atoms with van der Waals surface area (Å²) in [6.45, 7) is 4.60. The maximum Gasteiger partial charge on any atom is 0 e. The Balaban J connectivity index is -0.00000128.